The zero-order chi connectivity index (χ0) is 18.1. The van der Waals surface area contributed by atoms with Crippen LogP contribution in [0.5, 0.6) is 0 Å². The first kappa shape index (κ1) is 18.4. The summed E-state index contributed by atoms with van der Waals surface area (Å²) < 4.78 is 4.97. The largest absolute Gasteiger partial charge is 0.445 e. The molecule has 1 saturated heterocycles. The van der Waals surface area contributed by atoms with Crippen LogP contribution >= 0.6 is 0 Å². The molecule has 1 fully saturated rings. The second kappa shape index (κ2) is 9.41. The Bertz CT molecular complexity index is 620. The highest BCUT2D eigenvalue weighted by Crippen LogP contribution is 2.14. The van der Waals surface area contributed by atoms with E-state index in [1.54, 1.807) is 0 Å². The molecule has 3 amide bonds. The lowest BCUT2D eigenvalue weighted by atomic mass is 10.2. The summed E-state index contributed by atoms with van der Waals surface area (Å²) in [6, 6.07) is 8.74. The molecule has 0 saturated carbocycles. The van der Waals surface area contributed by atoms with Gasteiger partial charge in [0.05, 0.1) is 12.6 Å². The fraction of sp³-hybridized carbons (Fsp3) is 0.412. The zero-order valence-electron chi connectivity index (χ0n) is 13.8. The molecule has 1 aromatic rings. The van der Waals surface area contributed by atoms with Crippen LogP contribution in [-0.2, 0) is 25.7 Å². The van der Waals surface area contributed by atoms with Crippen LogP contribution in [0.4, 0.5) is 4.79 Å². The van der Waals surface area contributed by atoms with Gasteiger partial charge in [0, 0.05) is 6.54 Å². The summed E-state index contributed by atoms with van der Waals surface area (Å²) in [7, 11) is 0. The van der Waals surface area contributed by atoms with Gasteiger partial charge in [0.1, 0.15) is 19.4 Å². The number of alkyl carbamates (subject to hydrolysis) is 1. The molecular formula is C17H21N3O5. The average molecular weight is 347 g/mol. The second-order valence-electron chi connectivity index (χ2n) is 5.62. The molecule has 2 N–H and O–H groups in total. The van der Waals surface area contributed by atoms with E-state index in [0.717, 1.165) is 18.3 Å². The summed E-state index contributed by atoms with van der Waals surface area (Å²) in [6.45, 7) is 0.124. The molecule has 8 nitrogen and oxygen atoms in total. The summed E-state index contributed by atoms with van der Waals surface area (Å²) in [5.74, 6) is -0.818. The van der Waals surface area contributed by atoms with Crippen molar-refractivity contribution in [2.45, 2.75) is 25.5 Å². The van der Waals surface area contributed by atoms with E-state index in [1.807, 2.05) is 30.3 Å². The summed E-state index contributed by atoms with van der Waals surface area (Å²) in [5.41, 5.74) is 0.836. The molecule has 1 aliphatic heterocycles. The van der Waals surface area contributed by atoms with E-state index in [-0.39, 0.29) is 25.6 Å². The number of carbonyl (C=O) groups excluding carboxylic acids is 4. The van der Waals surface area contributed by atoms with E-state index >= 15 is 0 Å². The van der Waals surface area contributed by atoms with Gasteiger partial charge in [-0.25, -0.2) is 4.79 Å². The zero-order valence-corrected chi connectivity index (χ0v) is 13.8. The van der Waals surface area contributed by atoms with Crippen molar-refractivity contribution in [1.82, 2.24) is 15.5 Å². The lowest BCUT2D eigenvalue weighted by Crippen LogP contribution is -2.45. The lowest BCUT2D eigenvalue weighted by Gasteiger charge is -2.20. The van der Waals surface area contributed by atoms with E-state index < -0.39 is 18.0 Å². The number of likely N-dealkylation sites (tertiary alicyclic amines) is 1. The number of benzene rings is 1. The summed E-state index contributed by atoms with van der Waals surface area (Å²) in [4.78, 5) is 47.5. The van der Waals surface area contributed by atoms with Crippen LogP contribution in [0.3, 0.4) is 0 Å². The number of hydrogen-bond acceptors (Lipinski definition) is 5. The van der Waals surface area contributed by atoms with E-state index in [0.29, 0.717) is 13.0 Å². The first-order valence-electron chi connectivity index (χ1n) is 8.06. The van der Waals surface area contributed by atoms with Crippen molar-refractivity contribution in [3.05, 3.63) is 35.9 Å². The van der Waals surface area contributed by atoms with Gasteiger partial charge in [0.15, 0.2) is 0 Å². The minimum absolute atomic E-state index is 0.106. The van der Waals surface area contributed by atoms with E-state index in [1.165, 1.54) is 4.90 Å². The van der Waals surface area contributed by atoms with Crippen molar-refractivity contribution in [3.63, 3.8) is 0 Å². The third-order valence-electron chi connectivity index (χ3n) is 3.82. The normalized spacial score (nSPS) is 16.2. The van der Waals surface area contributed by atoms with Crippen LogP contribution < -0.4 is 10.6 Å². The number of nitrogens with one attached hydrogen (secondary N) is 2. The Kier molecular flexibility index (Phi) is 6.94. The average Bonchev–Trinajstić information content (AvgIpc) is 3.12. The predicted molar refractivity (Wildman–Crippen MR) is 88.4 cm³/mol. The summed E-state index contributed by atoms with van der Waals surface area (Å²) in [6.07, 6.45) is 1.46. The standard InChI is InChI=1S/C17H21N3O5/c21-11-14-7-4-8-20(14)16(23)10-18-15(22)9-19-17(24)25-12-13-5-2-1-3-6-13/h1-3,5-6,11,14H,4,7-10,12H2,(H,18,22)(H,19,24)/t14-/m1/s1. The molecule has 0 bridgehead atoms. The molecule has 0 radical (unpaired) electrons. The van der Waals surface area contributed by atoms with Crippen LogP contribution in [0.2, 0.25) is 0 Å². The smallest absolute Gasteiger partial charge is 0.407 e. The maximum absolute atomic E-state index is 12.0. The molecule has 25 heavy (non-hydrogen) atoms. The van der Waals surface area contributed by atoms with Gasteiger partial charge in [-0.05, 0) is 18.4 Å². The van der Waals surface area contributed by atoms with E-state index in [2.05, 4.69) is 10.6 Å². The van der Waals surface area contributed by atoms with Gasteiger partial charge in [0.2, 0.25) is 11.8 Å². The Labute approximate surface area is 145 Å². The van der Waals surface area contributed by atoms with Gasteiger partial charge in [0.25, 0.3) is 0 Å². The quantitative estimate of drug-likeness (QED) is 0.687. The number of carbonyl (C=O) groups is 4. The fourth-order valence-corrected chi connectivity index (χ4v) is 2.51. The van der Waals surface area contributed by atoms with Crippen LogP contribution in [0.1, 0.15) is 18.4 Å². The van der Waals surface area contributed by atoms with Gasteiger partial charge in [-0.15, -0.1) is 0 Å². The van der Waals surface area contributed by atoms with Crippen LogP contribution in [0.25, 0.3) is 0 Å². The van der Waals surface area contributed by atoms with Crippen molar-refractivity contribution < 1.29 is 23.9 Å². The summed E-state index contributed by atoms with van der Waals surface area (Å²) in [5, 5.41) is 4.73. The molecule has 0 spiro atoms. The maximum atomic E-state index is 12.0. The van der Waals surface area contributed by atoms with Crippen molar-refractivity contribution in [1.29, 1.82) is 0 Å². The van der Waals surface area contributed by atoms with Crippen LogP contribution in [0.15, 0.2) is 30.3 Å². The van der Waals surface area contributed by atoms with Crippen molar-refractivity contribution in [2.75, 3.05) is 19.6 Å². The van der Waals surface area contributed by atoms with Crippen molar-refractivity contribution >= 4 is 24.2 Å². The van der Waals surface area contributed by atoms with Crippen molar-refractivity contribution in [2.24, 2.45) is 0 Å². The predicted octanol–water partition coefficient (Wildman–Crippen LogP) is 0.219. The molecule has 8 heteroatoms. The fourth-order valence-electron chi connectivity index (χ4n) is 2.51. The lowest BCUT2D eigenvalue weighted by molar-refractivity contribution is -0.135. The van der Waals surface area contributed by atoms with Gasteiger partial charge in [-0.3, -0.25) is 9.59 Å². The van der Waals surface area contributed by atoms with Crippen LogP contribution in [0, 0.1) is 0 Å². The van der Waals surface area contributed by atoms with Gasteiger partial charge in [-0.1, -0.05) is 30.3 Å². The Morgan fingerprint density at radius 2 is 1.92 bits per heavy atom. The van der Waals surface area contributed by atoms with Gasteiger partial charge >= 0.3 is 6.09 Å². The Morgan fingerprint density at radius 3 is 2.64 bits per heavy atom. The van der Waals surface area contributed by atoms with Gasteiger partial charge in [-0.2, -0.15) is 0 Å². The number of aldehydes is 1. The third kappa shape index (κ3) is 5.91. The third-order valence-corrected chi connectivity index (χ3v) is 3.82. The number of hydrogen-bond donors (Lipinski definition) is 2. The Morgan fingerprint density at radius 1 is 1.16 bits per heavy atom. The molecule has 0 aliphatic carbocycles. The molecule has 1 aliphatic rings. The van der Waals surface area contributed by atoms with E-state index in [4.69, 9.17) is 4.74 Å². The summed E-state index contributed by atoms with van der Waals surface area (Å²) >= 11 is 0. The minimum Gasteiger partial charge on any atom is -0.445 e. The van der Waals surface area contributed by atoms with Crippen LogP contribution in [-0.4, -0.2) is 54.8 Å². The number of nitrogens with zero attached hydrogens (tertiary/aromatic N) is 1. The molecule has 0 unspecified atom stereocenters. The molecule has 1 atom stereocenters. The van der Waals surface area contributed by atoms with E-state index in [9.17, 15) is 19.2 Å². The second-order valence-corrected chi connectivity index (χ2v) is 5.62. The SMILES string of the molecule is O=C[C@H]1CCCN1C(=O)CNC(=O)CNC(=O)OCc1ccccc1. The Balaban J connectivity index is 1.62. The van der Waals surface area contributed by atoms with Crippen molar-refractivity contribution in [3.8, 4) is 0 Å². The highest BCUT2D eigenvalue weighted by Gasteiger charge is 2.28. The highest BCUT2D eigenvalue weighted by atomic mass is 16.5. The maximum Gasteiger partial charge on any atom is 0.407 e. The number of ether oxygens (including phenoxy) is 1. The topological polar surface area (TPSA) is 105 Å². The molecule has 2 rings (SSSR count). The molecular weight excluding hydrogens is 326 g/mol. The number of amides is 3. The molecule has 1 aromatic carbocycles. The Hall–Kier alpha value is -2.90. The first-order valence-corrected chi connectivity index (χ1v) is 8.06. The minimum atomic E-state index is -0.717. The van der Waals surface area contributed by atoms with Gasteiger partial charge < -0.3 is 25.1 Å². The monoisotopic (exact) mass is 347 g/mol. The molecule has 1 heterocycles. The molecule has 134 valence electrons. The first-order chi connectivity index (χ1) is 12.1. The highest BCUT2D eigenvalue weighted by molar-refractivity contribution is 5.88. The molecule has 0 aromatic heterocycles. The number of rotatable bonds is 7.